The van der Waals surface area contributed by atoms with E-state index < -0.39 is 0 Å². The second-order valence-electron chi connectivity index (χ2n) is 8.10. The molecule has 2 aliphatic heterocycles. The van der Waals surface area contributed by atoms with E-state index in [-0.39, 0.29) is 5.91 Å². The normalized spacial score (nSPS) is 16.2. The molecule has 0 atom stereocenters. The molecule has 6 nitrogen and oxygen atoms in total. The fourth-order valence-corrected chi connectivity index (χ4v) is 4.20. The van der Waals surface area contributed by atoms with Gasteiger partial charge in [0.05, 0.1) is 25.5 Å². The van der Waals surface area contributed by atoms with Crippen molar-refractivity contribution < 1.29 is 9.53 Å². The molecule has 0 bridgehead atoms. The third kappa shape index (κ3) is 4.03. The molecule has 0 saturated carbocycles. The molecule has 6 heteroatoms. The van der Waals surface area contributed by atoms with Gasteiger partial charge in [-0.05, 0) is 19.1 Å². The van der Waals surface area contributed by atoms with Crippen molar-refractivity contribution in [1.82, 2.24) is 14.9 Å². The Hall–Kier alpha value is -3.25. The van der Waals surface area contributed by atoms with E-state index in [2.05, 4.69) is 4.90 Å². The average Bonchev–Trinajstić information content (AvgIpc) is 2.84. The molecule has 3 heterocycles. The lowest BCUT2D eigenvalue weighted by molar-refractivity contribution is 0.0733. The van der Waals surface area contributed by atoms with E-state index in [1.54, 1.807) is 0 Å². The molecule has 0 aliphatic carbocycles. The minimum absolute atomic E-state index is 0.0608. The van der Waals surface area contributed by atoms with E-state index in [1.165, 1.54) is 0 Å². The van der Waals surface area contributed by atoms with Crippen LogP contribution in [-0.4, -0.2) is 53.6 Å². The molecule has 5 rings (SSSR count). The van der Waals surface area contributed by atoms with Crippen molar-refractivity contribution in [3.05, 3.63) is 77.0 Å². The van der Waals surface area contributed by atoms with Crippen molar-refractivity contribution in [1.29, 1.82) is 0 Å². The van der Waals surface area contributed by atoms with Crippen molar-refractivity contribution in [3.63, 3.8) is 0 Å². The lowest BCUT2D eigenvalue weighted by Crippen LogP contribution is -2.41. The molecule has 0 radical (unpaired) electrons. The predicted octanol–water partition coefficient (Wildman–Crippen LogP) is 3.49. The maximum absolute atomic E-state index is 13.1. The number of aryl methyl sites for hydroxylation is 1. The SMILES string of the molecule is Cc1ccc(C(=O)N2CCc3nc(-c4ccccc4)nc(N4CCOCC4)c3C2)cc1. The Morgan fingerprint density at radius 2 is 1.68 bits per heavy atom. The minimum Gasteiger partial charge on any atom is -0.378 e. The van der Waals surface area contributed by atoms with Gasteiger partial charge in [-0.15, -0.1) is 0 Å². The molecule has 1 amide bonds. The first-order valence-electron chi connectivity index (χ1n) is 10.8. The van der Waals surface area contributed by atoms with Gasteiger partial charge in [0.25, 0.3) is 5.91 Å². The van der Waals surface area contributed by atoms with Crippen LogP contribution in [0.25, 0.3) is 11.4 Å². The van der Waals surface area contributed by atoms with Gasteiger partial charge in [-0.25, -0.2) is 9.97 Å². The molecule has 0 spiro atoms. The summed E-state index contributed by atoms with van der Waals surface area (Å²) in [6.07, 6.45) is 0.729. The molecule has 1 saturated heterocycles. The lowest BCUT2D eigenvalue weighted by atomic mass is 10.0. The summed E-state index contributed by atoms with van der Waals surface area (Å²) in [5.41, 5.74) is 5.00. The van der Waals surface area contributed by atoms with Crippen LogP contribution in [0.4, 0.5) is 5.82 Å². The molecule has 1 aromatic heterocycles. The first-order valence-corrected chi connectivity index (χ1v) is 10.8. The Morgan fingerprint density at radius 3 is 2.42 bits per heavy atom. The van der Waals surface area contributed by atoms with Crippen LogP contribution in [0, 0.1) is 6.92 Å². The Morgan fingerprint density at radius 1 is 0.935 bits per heavy atom. The fourth-order valence-electron chi connectivity index (χ4n) is 4.20. The van der Waals surface area contributed by atoms with Crippen LogP contribution in [0.1, 0.15) is 27.2 Å². The number of carbonyl (C=O) groups is 1. The van der Waals surface area contributed by atoms with E-state index >= 15 is 0 Å². The molecule has 2 aliphatic rings. The number of benzene rings is 2. The van der Waals surface area contributed by atoms with Crippen LogP contribution in [-0.2, 0) is 17.7 Å². The first-order chi connectivity index (χ1) is 15.2. The summed E-state index contributed by atoms with van der Waals surface area (Å²) >= 11 is 0. The van der Waals surface area contributed by atoms with Crippen molar-refractivity contribution >= 4 is 11.7 Å². The molecular weight excluding hydrogens is 388 g/mol. The van der Waals surface area contributed by atoms with Gasteiger partial charge in [0.2, 0.25) is 0 Å². The van der Waals surface area contributed by atoms with E-state index in [9.17, 15) is 4.79 Å². The maximum atomic E-state index is 13.1. The Kier molecular flexibility index (Phi) is 5.38. The van der Waals surface area contributed by atoms with E-state index in [0.29, 0.717) is 26.3 Å². The summed E-state index contributed by atoms with van der Waals surface area (Å²) in [5.74, 6) is 1.75. The highest BCUT2D eigenvalue weighted by Gasteiger charge is 2.29. The van der Waals surface area contributed by atoms with Crippen LogP contribution >= 0.6 is 0 Å². The summed E-state index contributed by atoms with van der Waals surface area (Å²) in [7, 11) is 0. The van der Waals surface area contributed by atoms with Gasteiger partial charge >= 0.3 is 0 Å². The van der Waals surface area contributed by atoms with Gasteiger partial charge < -0.3 is 14.5 Å². The number of amides is 1. The molecule has 3 aromatic rings. The van der Waals surface area contributed by atoms with E-state index in [4.69, 9.17) is 14.7 Å². The number of fused-ring (bicyclic) bond motifs is 1. The van der Waals surface area contributed by atoms with E-state index in [1.807, 2.05) is 66.4 Å². The predicted molar refractivity (Wildman–Crippen MR) is 120 cm³/mol. The number of ether oxygens (including phenoxy) is 1. The Balaban J connectivity index is 1.51. The van der Waals surface area contributed by atoms with Crippen LogP contribution in [0.3, 0.4) is 0 Å². The molecule has 158 valence electrons. The number of anilines is 1. The third-order valence-electron chi connectivity index (χ3n) is 5.97. The number of morpholine rings is 1. The van der Waals surface area contributed by atoms with Gasteiger partial charge in [-0.1, -0.05) is 48.0 Å². The summed E-state index contributed by atoms with van der Waals surface area (Å²) < 4.78 is 5.56. The quantitative estimate of drug-likeness (QED) is 0.657. The number of nitrogens with zero attached hydrogens (tertiary/aromatic N) is 4. The monoisotopic (exact) mass is 414 g/mol. The zero-order valence-electron chi connectivity index (χ0n) is 17.8. The van der Waals surface area contributed by atoms with Gasteiger partial charge in [0, 0.05) is 42.7 Å². The van der Waals surface area contributed by atoms with Gasteiger partial charge in [-0.2, -0.15) is 0 Å². The number of carbonyl (C=O) groups excluding carboxylic acids is 1. The van der Waals surface area contributed by atoms with Crippen LogP contribution in [0.5, 0.6) is 0 Å². The van der Waals surface area contributed by atoms with E-state index in [0.717, 1.165) is 59.1 Å². The lowest BCUT2D eigenvalue weighted by Gasteiger charge is -2.34. The fraction of sp³-hybridized carbons (Fsp3) is 0.320. The number of hydrogen-bond donors (Lipinski definition) is 0. The molecule has 2 aromatic carbocycles. The van der Waals surface area contributed by atoms with Crippen molar-refractivity contribution in [2.75, 3.05) is 37.7 Å². The number of aromatic nitrogens is 2. The molecule has 0 N–H and O–H groups in total. The molecule has 0 unspecified atom stereocenters. The van der Waals surface area contributed by atoms with Gasteiger partial charge in [-0.3, -0.25) is 4.79 Å². The van der Waals surface area contributed by atoms with Gasteiger partial charge in [0.1, 0.15) is 5.82 Å². The van der Waals surface area contributed by atoms with Crippen LogP contribution < -0.4 is 4.90 Å². The molecular formula is C25H26N4O2. The maximum Gasteiger partial charge on any atom is 0.254 e. The first kappa shape index (κ1) is 19.7. The second kappa shape index (κ2) is 8.47. The summed E-state index contributed by atoms with van der Waals surface area (Å²) in [6.45, 7) is 6.18. The van der Waals surface area contributed by atoms with Gasteiger partial charge in [0.15, 0.2) is 5.82 Å². The van der Waals surface area contributed by atoms with Crippen LogP contribution in [0.15, 0.2) is 54.6 Å². The number of rotatable bonds is 3. The molecule has 31 heavy (non-hydrogen) atoms. The Bertz CT molecular complexity index is 1080. The highest BCUT2D eigenvalue weighted by molar-refractivity contribution is 5.94. The highest BCUT2D eigenvalue weighted by Crippen LogP contribution is 2.30. The second-order valence-corrected chi connectivity index (χ2v) is 8.10. The Labute approximate surface area is 182 Å². The van der Waals surface area contributed by atoms with Crippen molar-refractivity contribution in [3.8, 4) is 11.4 Å². The highest BCUT2D eigenvalue weighted by atomic mass is 16.5. The zero-order valence-corrected chi connectivity index (χ0v) is 17.8. The van der Waals surface area contributed by atoms with Crippen LogP contribution in [0.2, 0.25) is 0 Å². The average molecular weight is 415 g/mol. The standard InChI is InChI=1S/C25H26N4O2/c1-18-7-9-20(10-8-18)25(30)29-12-11-22-21(17-29)24(28-13-15-31-16-14-28)27-23(26-22)19-5-3-2-4-6-19/h2-10H,11-17H2,1H3. The third-order valence-corrected chi connectivity index (χ3v) is 5.97. The van der Waals surface area contributed by atoms with Crippen molar-refractivity contribution in [2.24, 2.45) is 0 Å². The zero-order chi connectivity index (χ0) is 21.2. The number of hydrogen-bond acceptors (Lipinski definition) is 5. The summed E-state index contributed by atoms with van der Waals surface area (Å²) in [4.78, 5) is 27.2. The van der Waals surface area contributed by atoms with Crippen molar-refractivity contribution in [2.45, 2.75) is 19.9 Å². The topological polar surface area (TPSA) is 58.6 Å². The minimum atomic E-state index is 0.0608. The summed E-state index contributed by atoms with van der Waals surface area (Å²) in [5, 5.41) is 0. The molecule has 1 fully saturated rings. The smallest absolute Gasteiger partial charge is 0.254 e. The largest absolute Gasteiger partial charge is 0.378 e. The summed E-state index contributed by atoms with van der Waals surface area (Å²) in [6, 6.07) is 17.9.